The predicted octanol–water partition coefficient (Wildman–Crippen LogP) is 0.386. The first-order chi connectivity index (χ1) is 5.77. The normalized spacial score (nSPS) is 12.3. The number of hydrogen-bond donors (Lipinski definition) is 1. The Hall–Kier alpha value is -1.22. The molecule has 1 aromatic heterocycles. The van der Waals surface area contributed by atoms with Gasteiger partial charge in [-0.3, -0.25) is 0 Å². The minimum absolute atomic E-state index is 0.100. The van der Waals surface area contributed by atoms with Crippen molar-refractivity contribution in [2.45, 2.75) is 23.8 Å². The third-order valence-corrected chi connectivity index (χ3v) is 2.53. The summed E-state index contributed by atoms with van der Waals surface area (Å²) in [5, 5.41) is 16.5. The van der Waals surface area contributed by atoms with Crippen molar-refractivity contribution in [3.05, 3.63) is 6.33 Å². The molecule has 2 N–H and O–H groups in total. The molecule has 1 atom stereocenters. The fourth-order valence-electron chi connectivity index (χ4n) is 0.645. The highest BCUT2D eigenvalue weighted by Gasteiger charge is 2.10. The Kier molecular flexibility index (Phi) is 2.94. The Morgan fingerprint density at radius 3 is 3.08 bits per heavy atom. The topological polar surface area (TPSA) is 80.5 Å². The number of hydrogen-bond acceptors (Lipinski definition) is 5. The van der Waals surface area contributed by atoms with Gasteiger partial charge >= 0.3 is 0 Å². The van der Waals surface area contributed by atoms with Crippen LogP contribution in [-0.2, 0) is 0 Å². The van der Waals surface area contributed by atoms with Gasteiger partial charge in [0.05, 0.1) is 11.3 Å². The highest BCUT2D eigenvalue weighted by Crippen LogP contribution is 2.20. The summed E-state index contributed by atoms with van der Waals surface area (Å²) in [6.07, 6.45) is 2.18. The van der Waals surface area contributed by atoms with Crippen molar-refractivity contribution in [3.8, 4) is 6.07 Å². The quantitative estimate of drug-likeness (QED) is 0.541. The zero-order valence-electron chi connectivity index (χ0n) is 6.64. The van der Waals surface area contributed by atoms with E-state index in [4.69, 9.17) is 11.1 Å². The van der Waals surface area contributed by atoms with Gasteiger partial charge < -0.3 is 5.84 Å². The van der Waals surface area contributed by atoms with Crippen LogP contribution in [0.3, 0.4) is 0 Å². The van der Waals surface area contributed by atoms with Gasteiger partial charge in [-0.2, -0.15) is 5.26 Å². The lowest BCUT2D eigenvalue weighted by Crippen LogP contribution is -2.09. The van der Waals surface area contributed by atoms with Gasteiger partial charge in [-0.15, -0.1) is 10.2 Å². The molecule has 0 saturated carbocycles. The first-order valence-corrected chi connectivity index (χ1v) is 4.37. The predicted molar refractivity (Wildman–Crippen MR) is 45.7 cm³/mol. The van der Waals surface area contributed by atoms with Crippen molar-refractivity contribution in [2.24, 2.45) is 0 Å². The minimum atomic E-state index is -0.100. The Labute approximate surface area is 74.5 Å². The molecular formula is C6H9N5S. The van der Waals surface area contributed by atoms with Gasteiger partial charge in [0.2, 0.25) is 5.16 Å². The second-order valence-corrected chi connectivity index (χ2v) is 3.33. The Morgan fingerprint density at radius 2 is 2.67 bits per heavy atom. The molecule has 1 unspecified atom stereocenters. The van der Waals surface area contributed by atoms with E-state index in [1.807, 2.05) is 6.92 Å². The van der Waals surface area contributed by atoms with Gasteiger partial charge in [0.25, 0.3) is 0 Å². The third kappa shape index (κ3) is 1.89. The summed E-state index contributed by atoms with van der Waals surface area (Å²) in [7, 11) is 0. The zero-order valence-corrected chi connectivity index (χ0v) is 7.45. The van der Waals surface area contributed by atoms with E-state index >= 15 is 0 Å². The van der Waals surface area contributed by atoms with Gasteiger partial charge in [-0.05, 0) is 6.42 Å². The molecule has 0 radical (unpaired) electrons. The Bertz CT molecular complexity index is 288. The third-order valence-electron chi connectivity index (χ3n) is 1.30. The van der Waals surface area contributed by atoms with Gasteiger partial charge in [-0.25, -0.2) is 4.68 Å². The maximum absolute atomic E-state index is 8.65. The van der Waals surface area contributed by atoms with Crippen molar-refractivity contribution in [1.29, 1.82) is 5.26 Å². The Morgan fingerprint density at radius 1 is 1.92 bits per heavy atom. The zero-order chi connectivity index (χ0) is 8.97. The van der Waals surface area contributed by atoms with Crippen LogP contribution >= 0.6 is 11.8 Å². The molecule has 64 valence electrons. The van der Waals surface area contributed by atoms with Crippen LogP contribution in [0.5, 0.6) is 0 Å². The summed E-state index contributed by atoms with van der Waals surface area (Å²) in [6, 6.07) is 2.14. The van der Waals surface area contributed by atoms with E-state index in [9.17, 15) is 0 Å². The van der Waals surface area contributed by atoms with E-state index in [0.717, 1.165) is 6.42 Å². The number of rotatable bonds is 3. The molecule has 5 nitrogen and oxygen atoms in total. The van der Waals surface area contributed by atoms with Gasteiger partial charge in [0.1, 0.15) is 6.33 Å². The highest BCUT2D eigenvalue weighted by atomic mass is 32.2. The molecule has 1 rings (SSSR count). The maximum atomic E-state index is 8.65. The lowest BCUT2D eigenvalue weighted by molar-refractivity contribution is 0.838. The molecule has 6 heteroatoms. The highest BCUT2D eigenvalue weighted by molar-refractivity contribution is 8.00. The van der Waals surface area contributed by atoms with Crippen molar-refractivity contribution in [3.63, 3.8) is 0 Å². The van der Waals surface area contributed by atoms with E-state index < -0.39 is 0 Å². The molecule has 0 aliphatic heterocycles. The largest absolute Gasteiger partial charge is 0.336 e. The number of nitriles is 1. The van der Waals surface area contributed by atoms with E-state index in [0.29, 0.717) is 5.16 Å². The SMILES string of the molecule is CCC(C#N)Sc1nncn1N. The molecule has 0 aliphatic carbocycles. The molecule has 12 heavy (non-hydrogen) atoms. The molecular weight excluding hydrogens is 174 g/mol. The van der Waals surface area contributed by atoms with Crippen LogP contribution in [-0.4, -0.2) is 20.1 Å². The van der Waals surface area contributed by atoms with E-state index in [1.54, 1.807) is 0 Å². The number of aromatic nitrogens is 3. The van der Waals surface area contributed by atoms with Gasteiger partial charge in [0.15, 0.2) is 0 Å². The van der Waals surface area contributed by atoms with Crippen LogP contribution in [0, 0.1) is 11.3 Å². The fourth-order valence-corrected chi connectivity index (χ4v) is 1.38. The molecule has 0 aromatic carbocycles. The monoisotopic (exact) mass is 183 g/mol. The standard InChI is InChI=1S/C6H9N5S/c1-2-5(3-7)12-6-10-9-4-11(6)8/h4-5H,2,8H2,1H3. The van der Waals surface area contributed by atoms with E-state index in [2.05, 4.69) is 16.3 Å². The van der Waals surface area contributed by atoms with Crippen molar-refractivity contribution in [2.75, 3.05) is 5.84 Å². The Balaban J connectivity index is 2.64. The fraction of sp³-hybridized carbons (Fsp3) is 0.500. The van der Waals surface area contributed by atoms with Crippen LogP contribution in [0.25, 0.3) is 0 Å². The minimum Gasteiger partial charge on any atom is -0.336 e. The molecule has 0 spiro atoms. The van der Waals surface area contributed by atoms with Gasteiger partial charge in [-0.1, -0.05) is 18.7 Å². The molecule has 0 fully saturated rings. The summed E-state index contributed by atoms with van der Waals surface area (Å²) in [6.45, 7) is 1.94. The second-order valence-electron chi connectivity index (χ2n) is 2.16. The maximum Gasteiger partial charge on any atom is 0.210 e. The summed E-state index contributed by atoms with van der Waals surface area (Å²) in [4.78, 5) is 0. The summed E-state index contributed by atoms with van der Waals surface area (Å²) in [5.41, 5.74) is 0. The van der Waals surface area contributed by atoms with Crippen LogP contribution in [0.15, 0.2) is 11.5 Å². The smallest absolute Gasteiger partial charge is 0.210 e. The van der Waals surface area contributed by atoms with E-state index in [1.165, 1.54) is 22.8 Å². The van der Waals surface area contributed by atoms with Crippen molar-refractivity contribution >= 4 is 11.8 Å². The lowest BCUT2D eigenvalue weighted by atomic mass is 10.4. The summed E-state index contributed by atoms with van der Waals surface area (Å²) >= 11 is 1.33. The molecule has 0 amide bonds. The molecule has 0 bridgehead atoms. The van der Waals surface area contributed by atoms with E-state index in [-0.39, 0.29) is 5.25 Å². The first-order valence-electron chi connectivity index (χ1n) is 3.49. The van der Waals surface area contributed by atoms with Crippen molar-refractivity contribution in [1.82, 2.24) is 14.9 Å². The summed E-state index contributed by atoms with van der Waals surface area (Å²) in [5.74, 6) is 5.46. The first kappa shape index (κ1) is 8.87. The lowest BCUT2D eigenvalue weighted by Gasteiger charge is -2.02. The van der Waals surface area contributed by atoms with Crippen LogP contribution in [0.4, 0.5) is 0 Å². The molecule has 1 heterocycles. The number of nitrogens with two attached hydrogens (primary N) is 1. The number of nitrogens with zero attached hydrogens (tertiary/aromatic N) is 4. The molecule has 0 saturated heterocycles. The van der Waals surface area contributed by atoms with Crippen molar-refractivity contribution < 1.29 is 0 Å². The van der Waals surface area contributed by atoms with Crippen LogP contribution in [0.2, 0.25) is 0 Å². The number of nitrogen functional groups attached to an aromatic ring is 1. The average Bonchev–Trinajstić information content (AvgIpc) is 2.47. The van der Waals surface area contributed by atoms with Gasteiger partial charge in [0, 0.05) is 0 Å². The number of thioether (sulfide) groups is 1. The van der Waals surface area contributed by atoms with Crippen LogP contribution in [0.1, 0.15) is 13.3 Å². The molecule has 0 aliphatic rings. The molecule has 1 aromatic rings. The summed E-state index contributed by atoms with van der Waals surface area (Å²) < 4.78 is 1.31. The second kappa shape index (κ2) is 3.97. The van der Waals surface area contributed by atoms with Crippen LogP contribution < -0.4 is 5.84 Å². The average molecular weight is 183 g/mol.